The Balaban J connectivity index is 1.89. The second kappa shape index (κ2) is 5.87. The molecule has 0 fully saturated rings. The molecule has 1 atom stereocenters. The lowest BCUT2D eigenvalue weighted by Gasteiger charge is -2.23. The number of thiophene rings is 1. The molecule has 1 amide bonds. The third-order valence-electron chi connectivity index (χ3n) is 4.39. The Morgan fingerprint density at radius 2 is 2.25 bits per heavy atom. The summed E-state index contributed by atoms with van der Waals surface area (Å²) in [5.74, 6) is 0.879. The quantitative estimate of drug-likeness (QED) is 0.794. The number of carbonyl (C=O) groups is 1. The van der Waals surface area contributed by atoms with Gasteiger partial charge < -0.3 is 5.32 Å². The Labute approximate surface area is 144 Å². The topological polar surface area (TPSA) is 59.8 Å². The maximum absolute atomic E-state index is 12.2. The molecule has 6 heteroatoms. The molecule has 0 saturated heterocycles. The van der Waals surface area contributed by atoms with Gasteiger partial charge in [0.1, 0.15) is 5.82 Å². The molecule has 0 saturated carbocycles. The largest absolute Gasteiger partial charge is 0.311 e. The van der Waals surface area contributed by atoms with Gasteiger partial charge in [-0.2, -0.15) is 5.10 Å². The number of anilines is 1. The van der Waals surface area contributed by atoms with Crippen LogP contribution in [0.25, 0.3) is 11.3 Å². The number of hydrogen-bond acceptors (Lipinski definition) is 4. The maximum atomic E-state index is 12.2. The van der Waals surface area contributed by atoms with Gasteiger partial charge in [-0.1, -0.05) is 6.92 Å². The molecule has 5 nitrogen and oxygen atoms in total. The van der Waals surface area contributed by atoms with Crippen molar-refractivity contribution in [3.05, 3.63) is 52.0 Å². The van der Waals surface area contributed by atoms with Crippen molar-refractivity contribution >= 4 is 23.1 Å². The molecule has 0 spiro atoms. The van der Waals surface area contributed by atoms with Crippen molar-refractivity contribution in [2.45, 2.75) is 25.7 Å². The highest BCUT2D eigenvalue weighted by Gasteiger charge is 2.34. The van der Waals surface area contributed by atoms with Gasteiger partial charge in [0.05, 0.1) is 5.69 Å². The van der Waals surface area contributed by atoms with Crippen molar-refractivity contribution in [2.24, 2.45) is 7.05 Å². The highest BCUT2D eigenvalue weighted by Crippen LogP contribution is 2.44. The van der Waals surface area contributed by atoms with Crippen LogP contribution in [-0.2, 0) is 18.3 Å². The zero-order valence-corrected chi connectivity index (χ0v) is 14.4. The minimum Gasteiger partial charge on any atom is -0.311 e. The molecule has 1 unspecified atom stereocenters. The molecule has 3 aromatic heterocycles. The molecule has 24 heavy (non-hydrogen) atoms. The van der Waals surface area contributed by atoms with E-state index in [4.69, 9.17) is 0 Å². The van der Waals surface area contributed by atoms with Crippen LogP contribution in [0.4, 0.5) is 5.82 Å². The third kappa shape index (κ3) is 2.43. The monoisotopic (exact) mass is 338 g/mol. The summed E-state index contributed by atoms with van der Waals surface area (Å²) in [4.78, 5) is 19.0. The van der Waals surface area contributed by atoms with Crippen LogP contribution >= 0.6 is 11.3 Å². The van der Waals surface area contributed by atoms with Crippen LogP contribution in [0.5, 0.6) is 0 Å². The molecule has 1 aliphatic rings. The van der Waals surface area contributed by atoms with Crippen molar-refractivity contribution < 1.29 is 4.79 Å². The normalized spacial score (nSPS) is 16.8. The number of nitrogens with zero attached hydrogens (tertiary/aromatic N) is 3. The van der Waals surface area contributed by atoms with Gasteiger partial charge >= 0.3 is 0 Å². The number of aryl methyl sites for hydroxylation is 2. The Bertz CT molecular complexity index is 897. The summed E-state index contributed by atoms with van der Waals surface area (Å²) in [7, 11) is 1.87. The van der Waals surface area contributed by atoms with Crippen LogP contribution in [-0.4, -0.2) is 20.7 Å². The van der Waals surface area contributed by atoms with Crippen LogP contribution in [0.3, 0.4) is 0 Å². The van der Waals surface area contributed by atoms with Crippen molar-refractivity contribution in [1.82, 2.24) is 14.8 Å². The van der Waals surface area contributed by atoms with Crippen LogP contribution in [0, 0.1) is 0 Å². The molecule has 4 heterocycles. The number of carbonyl (C=O) groups excluding carboxylic acids is 1. The minimum atomic E-state index is 0.0414. The van der Waals surface area contributed by atoms with Gasteiger partial charge in [-0.25, -0.2) is 0 Å². The lowest BCUT2D eigenvalue weighted by atomic mass is 9.89. The van der Waals surface area contributed by atoms with Crippen LogP contribution in [0.2, 0.25) is 0 Å². The first-order valence-corrected chi connectivity index (χ1v) is 8.84. The Morgan fingerprint density at radius 1 is 1.38 bits per heavy atom. The van der Waals surface area contributed by atoms with E-state index in [-0.39, 0.29) is 11.8 Å². The fourth-order valence-electron chi connectivity index (χ4n) is 3.22. The first kappa shape index (κ1) is 15.1. The molecule has 3 aromatic rings. The molecule has 0 radical (unpaired) electrons. The summed E-state index contributed by atoms with van der Waals surface area (Å²) < 4.78 is 1.76. The average molecular weight is 338 g/mol. The van der Waals surface area contributed by atoms with Crippen LogP contribution in [0.1, 0.15) is 34.6 Å². The van der Waals surface area contributed by atoms with E-state index >= 15 is 0 Å². The van der Waals surface area contributed by atoms with Gasteiger partial charge in [0.15, 0.2) is 0 Å². The van der Waals surface area contributed by atoms with E-state index in [1.54, 1.807) is 22.2 Å². The second-order valence-corrected chi connectivity index (χ2v) is 7.14. The Kier molecular flexibility index (Phi) is 3.69. The van der Waals surface area contributed by atoms with E-state index in [0.717, 1.165) is 29.1 Å². The van der Waals surface area contributed by atoms with E-state index in [1.807, 2.05) is 25.4 Å². The molecule has 0 aliphatic carbocycles. The van der Waals surface area contributed by atoms with Crippen molar-refractivity contribution in [2.75, 3.05) is 5.32 Å². The smallest absolute Gasteiger partial charge is 0.226 e. The van der Waals surface area contributed by atoms with Gasteiger partial charge in [-0.15, -0.1) is 11.3 Å². The number of hydrogen-bond donors (Lipinski definition) is 1. The third-order valence-corrected chi connectivity index (χ3v) is 5.73. The summed E-state index contributed by atoms with van der Waals surface area (Å²) >= 11 is 1.79. The lowest BCUT2D eigenvalue weighted by molar-refractivity contribution is -0.116. The Hall–Kier alpha value is -2.47. The van der Waals surface area contributed by atoms with Gasteiger partial charge in [-0.3, -0.25) is 14.5 Å². The van der Waals surface area contributed by atoms with Crippen molar-refractivity contribution in [1.29, 1.82) is 0 Å². The fraction of sp³-hybridized carbons (Fsp3) is 0.278. The lowest BCUT2D eigenvalue weighted by Crippen LogP contribution is -2.24. The maximum Gasteiger partial charge on any atom is 0.226 e. The molecule has 0 aromatic carbocycles. The van der Waals surface area contributed by atoms with E-state index < -0.39 is 0 Å². The molecule has 122 valence electrons. The van der Waals surface area contributed by atoms with Crippen LogP contribution in [0.15, 0.2) is 36.7 Å². The fourth-order valence-corrected chi connectivity index (χ4v) is 4.28. The van der Waals surface area contributed by atoms with Crippen LogP contribution < -0.4 is 5.32 Å². The van der Waals surface area contributed by atoms with E-state index in [0.29, 0.717) is 6.42 Å². The second-order valence-electron chi connectivity index (χ2n) is 5.94. The van der Waals surface area contributed by atoms with E-state index in [1.165, 1.54) is 9.75 Å². The van der Waals surface area contributed by atoms with Gasteiger partial charge in [0, 0.05) is 52.7 Å². The number of fused-ring (bicyclic) bond motifs is 1. The summed E-state index contributed by atoms with van der Waals surface area (Å²) in [6, 6.07) is 8.23. The van der Waals surface area contributed by atoms with Gasteiger partial charge in [0.2, 0.25) is 5.91 Å². The van der Waals surface area contributed by atoms with E-state index in [9.17, 15) is 4.79 Å². The molecular formula is C18H18N4OS. The predicted molar refractivity (Wildman–Crippen MR) is 95.2 cm³/mol. The first-order valence-electron chi connectivity index (χ1n) is 8.03. The first-order chi connectivity index (χ1) is 11.7. The molecule has 1 N–H and O–H groups in total. The highest BCUT2D eigenvalue weighted by atomic mass is 32.1. The molecule has 1 aliphatic heterocycles. The highest BCUT2D eigenvalue weighted by molar-refractivity contribution is 7.12. The van der Waals surface area contributed by atoms with Gasteiger partial charge in [-0.05, 0) is 30.7 Å². The summed E-state index contributed by atoms with van der Waals surface area (Å²) in [6.07, 6.45) is 5.04. The number of nitrogens with one attached hydrogen (secondary N) is 1. The molecule has 4 rings (SSSR count). The summed E-state index contributed by atoms with van der Waals surface area (Å²) in [6.45, 7) is 2.15. The number of amides is 1. The Morgan fingerprint density at radius 3 is 2.96 bits per heavy atom. The van der Waals surface area contributed by atoms with Crippen molar-refractivity contribution in [3.63, 3.8) is 0 Å². The molecule has 0 bridgehead atoms. The molecular weight excluding hydrogens is 320 g/mol. The predicted octanol–water partition coefficient (Wildman–Crippen LogP) is 3.58. The minimum absolute atomic E-state index is 0.0414. The standard InChI is InChI=1S/C18H18N4OS/c1-3-12-6-7-14(24-12)13-9-15(23)20-18-16(13)17(21-22(18)2)11-5-4-8-19-10-11/h4-8,10,13H,3,9H2,1-2H3,(H,20,23). The number of pyridine rings is 1. The zero-order valence-electron chi connectivity index (χ0n) is 13.6. The average Bonchev–Trinajstić information content (AvgIpc) is 3.20. The summed E-state index contributed by atoms with van der Waals surface area (Å²) in [5, 5.41) is 7.65. The van der Waals surface area contributed by atoms with E-state index in [2.05, 4.69) is 34.5 Å². The zero-order chi connectivity index (χ0) is 16.7. The number of aromatic nitrogens is 3. The van der Waals surface area contributed by atoms with Crippen molar-refractivity contribution in [3.8, 4) is 11.3 Å². The SMILES string of the molecule is CCc1ccc(C2CC(=O)Nc3c2c(-c2cccnc2)nn3C)s1. The summed E-state index contributed by atoms with van der Waals surface area (Å²) in [5.41, 5.74) is 2.97. The van der Waals surface area contributed by atoms with Gasteiger partial charge in [0.25, 0.3) is 0 Å². The number of rotatable bonds is 3.